The van der Waals surface area contributed by atoms with Crippen molar-refractivity contribution in [1.82, 2.24) is 29.0 Å². The van der Waals surface area contributed by atoms with Crippen LogP contribution in [0.1, 0.15) is 22.7 Å². The Labute approximate surface area is 215 Å². The lowest BCUT2D eigenvalue weighted by Gasteiger charge is -2.37. The van der Waals surface area contributed by atoms with Gasteiger partial charge in [-0.2, -0.15) is 5.10 Å². The number of hydrogen-bond acceptors (Lipinski definition) is 8. The maximum atomic E-state index is 6.13. The molecule has 0 aliphatic carbocycles. The van der Waals surface area contributed by atoms with Gasteiger partial charge in [-0.25, -0.2) is 14.3 Å². The summed E-state index contributed by atoms with van der Waals surface area (Å²) in [6.07, 6.45) is 6.40. The van der Waals surface area contributed by atoms with E-state index in [1.165, 1.54) is 21.6 Å². The molecule has 1 saturated heterocycles. The number of nitrogen functional groups attached to an aromatic ring is 1. The fourth-order valence-electron chi connectivity index (χ4n) is 4.78. The van der Waals surface area contributed by atoms with Gasteiger partial charge in [-0.3, -0.25) is 4.68 Å². The second kappa shape index (κ2) is 9.57. The third-order valence-electron chi connectivity index (χ3n) is 6.78. The lowest BCUT2D eigenvalue weighted by Crippen LogP contribution is -2.43. The van der Waals surface area contributed by atoms with Crippen molar-refractivity contribution < 1.29 is 4.74 Å². The number of nitrogens with zero attached hydrogens (tertiary/aromatic N) is 6. The molecule has 2 aromatic carbocycles. The summed E-state index contributed by atoms with van der Waals surface area (Å²) in [4.78, 5) is 12.7. The number of likely N-dealkylation sites (N-methyl/N-ethyl adjacent to an activating group) is 1. The molecule has 2 aliphatic rings. The number of fused-ring (bicyclic) bond motifs is 1. The van der Waals surface area contributed by atoms with Gasteiger partial charge >= 0.3 is 0 Å². The smallest absolute Gasteiger partial charge is 0.263 e. The van der Waals surface area contributed by atoms with Gasteiger partial charge < -0.3 is 15.4 Å². The minimum Gasteiger partial charge on any atom is -0.433 e. The summed E-state index contributed by atoms with van der Waals surface area (Å²) in [6, 6.07) is 15.1. The van der Waals surface area contributed by atoms with Crippen molar-refractivity contribution in [1.29, 1.82) is 0 Å². The van der Waals surface area contributed by atoms with Gasteiger partial charge in [0.2, 0.25) is 0 Å². The predicted molar refractivity (Wildman–Crippen MR) is 142 cm³/mol. The lowest BCUT2D eigenvalue weighted by molar-refractivity contribution is 0.207. The van der Waals surface area contributed by atoms with Gasteiger partial charge in [-0.05, 0) is 73.3 Å². The maximum absolute atomic E-state index is 6.13. The molecule has 9 heteroatoms. The molecule has 0 atom stereocenters. The summed E-state index contributed by atoms with van der Waals surface area (Å²) in [5.74, 6) is 1.16. The van der Waals surface area contributed by atoms with Crippen LogP contribution in [-0.2, 0) is 13.0 Å². The average molecular weight is 500 g/mol. The molecule has 4 aromatic rings. The molecule has 0 unspecified atom stereocenters. The average Bonchev–Trinajstić information content (AvgIpc) is 3.30. The number of ether oxygens (including phenoxy) is 1. The molecule has 36 heavy (non-hydrogen) atoms. The van der Waals surface area contributed by atoms with Crippen molar-refractivity contribution in [2.45, 2.75) is 30.8 Å². The Bertz CT molecular complexity index is 1380. The summed E-state index contributed by atoms with van der Waals surface area (Å²) in [5.41, 5.74) is 12.0. The molecule has 184 valence electrons. The summed E-state index contributed by atoms with van der Waals surface area (Å²) in [5, 5.41) is 4.52. The number of rotatable bonds is 6. The zero-order valence-corrected chi connectivity index (χ0v) is 21.3. The molecule has 0 amide bonds. The van der Waals surface area contributed by atoms with Crippen molar-refractivity contribution >= 4 is 17.8 Å². The van der Waals surface area contributed by atoms with Gasteiger partial charge in [0.05, 0.1) is 30.3 Å². The van der Waals surface area contributed by atoms with Crippen LogP contribution in [0.15, 0.2) is 66.0 Å². The van der Waals surface area contributed by atoms with Crippen LogP contribution >= 0.6 is 11.9 Å². The molecule has 8 nitrogen and oxygen atoms in total. The Morgan fingerprint density at radius 2 is 1.94 bits per heavy atom. The minimum atomic E-state index is 0.259. The minimum absolute atomic E-state index is 0.259. The van der Waals surface area contributed by atoms with Crippen molar-refractivity contribution in [2.24, 2.45) is 0 Å². The van der Waals surface area contributed by atoms with Gasteiger partial charge in [0.1, 0.15) is 0 Å². The van der Waals surface area contributed by atoms with Crippen LogP contribution in [0.25, 0.3) is 11.3 Å². The molecule has 2 aliphatic heterocycles. The van der Waals surface area contributed by atoms with Crippen LogP contribution in [0.5, 0.6) is 11.6 Å². The van der Waals surface area contributed by atoms with Gasteiger partial charge in [-0.15, -0.1) is 0 Å². The molecule has 0 spiro atoms. The van der Waals surface area contributed by atoms with Crippen LogP contribution in [-0.4, -0.2) is 55.6 Å². The highest BCUT2D eigenvalue weighted by atomic mass is 32.2. The Morgan fingerprint density at radius 3 is 2.78 bits per heavy atom. The molecule has 2 aromatic heterocycles. The molecule has 2 N–H and O–H groups in total. The molecule has 6 rings (SSSR count). The molecule has 0 bridgehead atoms. The largest absolute Gasteiger partial charge is 0.433 e. The zero-order valence-electron chi connectivity index (χ0n) is 20.5. The first kappa shape index (κ1) is 23.0. The standard InChI is InChI=1S/C27H29N7OS/c1-18-10-19(11-20-14-32(2)9-8-24(18)20)25-13-29-26(28)27(31-25)35-22-12-30-34(17-22)21-15-33(16-21)36-23-6-4-3-5-7-23/h3-7,10-13,17,21H,8-9,14-16H2,1-2H3,(H2,28,29). The molecular formula is C27H29N7OS. The number of nitrogens with two attached hydrogens (primary N) is 1. The Morgan fingerprint density at radius 1 is 1.11 bits per heavy atom. The first-order chi connectivity index (χ1) is 17.5. The number of aromatic nitrogens is 4. The van der Waals surface area contributed by atoms with Crippen LogP contribution in [0.2, 0.25) is 0 Å². The van der Waals surface area contributed by atoms with Crippen LogP contribution in [0, 0.1) is 6.92 Å². The maximum Gasteiger partial charge on any atom is 0.263 e. The quantitative estimate of drug-likeness (QED) is 0.386. The van der Waals surface area contributed by atoms with E-state index >= 15 is 0 Å². The molecule has 0 radical (unpaired) electrons. The number of anilines is 1. The van der Waals surface area contributed by atoms with Crippen molar-refractivity contribution in [3.63, 3.8) is 0 Å². The third kappa shape index (κ3) is 4.69. The highest BCUT2D eigenvalue weighted by Gasteiger charge is 2.30. The fraction of sp³-hybridized carbons (Fsp3) is 0.296. The second-order valence-electron chi connectivity index (χ2n) is 9.53. The number of hydrogen-bond donors (Lipinski definition) is 1. The van der Waals surface area contributed by atoms with Crippen molar-refractivity contribution in [3.05, 3.63) is 77.7 Å². The predicted octanol–water partition coefficient (Wildman–Crippen LogP) is 4.57. The summed E-state index contributed by atoms with van der Waals surface area (Å²) in [6.45, 7) is 6.04. The fourth-order valence-corrected chi connectivity index (χ4v) is 5.85. The van der Waals surface area contributed by atoms with Gasteiger partial charge in [0.25, 0.3) is 5.88 Å². The van der Waals surface area contributed by atoms with Crippen LogP contribution in [0.3, 0.4) is 0 Å². The highest BCUT2D eigenvalue weighted by molar-refractivity contribution is 7.97. The third-order valence-corrected chi connectivity index (χ3v) is 7.82. The highest BCUT2D eigenvalue weighted by Crippen LogP contribution is 2.34. The first-order valence-corrected chi connectivity index (χ1v) is 12.9. The van der Waals surface area contributed by atoms with E-state index in [1.807, 2.05) is 16.9 Å². The summed E-state index contributed by atoms with van der Waals surface area (Å²) >= 11 is 1.77. The van der Waals surface area contributed by atoms with Crippen LogP contribution in [0.4, 0.5) is 5.82 Å². The topological polar surface area (TPSA) is 85.3 Å². The molecule has 1 fully saturated rings. The Kier molecular flexibility index (Phi) is 6.12. The molecule has 4 heterocycles. The SMILES string of the molecule is Cc1cc(-c2cnc(N)c(Oc3cnn(C4CN(Sc5ccccc5)C4)c3)n2)cc2c1CCN(C)C2. The molecule has 0 saturated carbocycles. The van der Waals surface area contributed by atoms with E-state index in [1.54, 1.807) is 24.3 Å². The van der Waals surface area contributed by atoms with E-state index in [-0.39, 0.29) is 5.82 Å². The summed E-state index contributed by atoms with van der Waals surface area (Å²) in [7, 11) is 2.16. The van der Waals surface area contributed by atoms with Gasteiger partial charge in [0.15, 0.2) is 11.6 Å². The van der Waals surface area contributed by atoms with E-state index in [2.05, 4.69) is 69.7 Å². The lowest BCUT2D eigenvalue weighted by atomic mass is 9.92. The van der Waals surface area contributed by atoms with E-state index in [4.69, 9.17) is 15.5 Å². The zero-order chi connectivity index (χ0) is 24.6. The van der Waals surface area contributed by atoms with Crippen LogP contribution < -0.4 is 10.5 Å². The Hall–Kier alpha value is -3.40. The normalized spacial score (nSPS) is 16.5. The van der Waals surface area contributed by atoms with E-state index in [0.29, 0.717) is 17.7 Å². The monoisotopic (exact) mass is 499 g/mol. The summed E-state index contributed by atoms with van der Waals surface area (Å²) < 4.78 is 10.3. The molecular weight excluding hydrogens is 470 g/mol. The Balaban J connectivity index is 1.15. The van der Waals surface area contributed by atoms with E-state index < -0.39 is 0 Å². The number of benzene rings is 2. The first-order valence-electron chi connectivity index (χ1n) is 12.2. The van der Waals surface area contributed by atoms with E-state index in [0.717, 1.165) is 43.9 Å². The van der Waals surface area contributed by atoms with Crippen molar-refractivity contribution in [2.75, 3.05) is 32.4 Å². The second-order valence-corrected chi connectivity index (χ2v) is 10.7. The van der Waals surface area contributed by atoms with Gasteiger partial charge in [-0.1, -0.05) is 18.2 Å². The number of aryl methyl sites for hydroxylation is 1. The van der Waals surface area contributed by atoms with Gasteiger partial charge in [0, 0.05) is 36.6 Å². The van der Waals surface area contributed by atoms with E-state index in [9.17, 15) is 0 Å². The van der Waals surface area contributed by atoms with Crippen molar-refractivity contribution in [3.8, 4) is 22.9 Å².